The number of halogens is 1. The van der Waals surface area contributed by atoms with E-state index in [2.05, 4.69) is 10.2 Å². The summed E-state index contributed by atoms with van der Waals surface area (Å²) in [5, 5.41) is 19.6. The summed E-state index contributed by atoms with van der Waals surface area (Å²) in [6, 6.07) is 3.72. The Morgan fingerprint density at radius 3 is 2.84 bits per heavy atom. The van der Waals surface area contributed by atoms with Crippen LogP contribution in [0.1, 0.15) is 18.4 Å². The van der Waals surface area contributed by atoms with Gasteiger partial charge in [0.05, 0.1) is 17.3 Å². The van der Waals surface area contributed by atoms with Gasteiger partial charge in [-0.3, -0.25) is 5.10 Å². The summed E-state index contributed by atoms with van der Waals surface area (Å²) in [5.74, 6) is 1.77. The molecule has 4 N–H and O–H groups in total. The highest BCUT2D eigenvalue weighted by atomic mass is 35.5. The van der Waals surface area contributed by atoms with Crippen molar-refractivity contribution < 1.29 is 5.11 Å². The van der Waals surface area contributed by atoms with Gasteiger partial charge >= 0.3 is 0 Å². The van der Waals surface area contributed by atoms with Gasteiger partial charge in [-0.2, -0.15) is 5.10 Å². The molecule has 2 aliphatic rings. The van der Waals surface area contributed by atoms with Crippen LogP contribution < -0.4 is 5.73 Å². The van der Waals surface area contributed by atoms with Gasteiger partial charge in [-0.1, -0.05) is 11.6 Å². The summed E-state index contributed by atoms with van der Waals surface area (Å²) in [6.07, 6.45) is 3.35. The van der Waals surface area contributed by atoms with Crippen LogP contribution in [-0.2, 0) is 5.60 Å². The first-order valence-corrected chi connectivity index (χ1v) is 7.06. The molecule has 2 aromatic rings. The fraction of sp³-hybridized carbons (Fsp3) is 0.500. The van der Waals surface area contributed by atoms with E-state index in [-0.39, 0.29) is 0 Å². The Hall–Kier alpha value is -1.10. The molecule has 100 valence electrons. The van der Waals surface area contributed by atoms with Crippen molar-refractivity contribution in [2.45, 2.75) is 18.4 Å². The van der Waals surface area contributed by atoms with E-state index in [1.807, 2.05) is 12.1 Å². The zero-order valence-corrected chi connectivity index (χ0v) is 11.2. The van der Waals surface area contributed by atoms with E-state index >= 15 is 0 Å². The maximum Gasteiger partial charge on any atom is 0.0909 e. The van der Waals surface area contributed by atoms with Crippen LogP contribution in [-0.4, -0.2) is 21.8 Å². The van der Waals surface area contributed by atoms with Gasteiger partial charge in [0.1, 0.15) is 0 Å². The first kappa shape index (κ1) is 11.7. The Balaban J connectivity index is 1.77. The van der Waals surface area contributed by atoms with E-state index in [9.17, 15) is 5.11 Å². The molecule has 0 amide bonds. The number of nitrogens with two attached hydrogens (primary N) is 1. The molecule has 1 aromatic heterocycles. The van der Waals surface area contributed by atoms with Gasteiger partial charge in [-0.15, -0.1) is 0 Å². The van der Waals surface area contributed by atoms with Gasteiger partial charge < -0.3 is 10.8 Å². The van der Waals surface area contributed by atoms with Crippen molar-refractivity contribution in [1.82, 2.24) is 10.2 Å². The van der Waals surface area contributed by atoms with Gasteiger partial charge in [0.25, 0.3) is 0 Å². The Kier molecular flexibility index (Phi) is 2.29. The summed E-state index contributed by atoms with van der Waals surface area (Å²) in [4.78, 5) is 0. The molecule has 2 fully saturated rings. The van der Waals surface area contributed by atoms with E-state index in [1.54, 1.807) is 6.20 Å². The molecule has 2 aliphatic carbocycles. The average Bonchev–Trinajstić information content (AvgIpc) is 2.78. The van der Waals surface area contributed by atoms with Crippen LogP contribution in [0.15, 0.2) is 18.3 Å². The smallest absolute Gasteiger partial charge is 0.0909 e. The number of aromatic amines is 1. The van der Waals surface area contributed by atoms with E-state index in [1.165, 1.54) is 0 Å². The number of nitrogens with zero attached hydrogens (tertiary/aromatic N) is 1. The molecule has 0 bridgehead atoms. The summed E-state index contributed by atoms with van der Waals surface area (Å²) < 4.78 is 0. The molecule has 19 heavy (non-hydrogen) atoms. The van der Waals surface area contributed by atoms with E-state index in [0.29, 0.717) is 22.8 Å². The lowest BCUT2D eigenvalue weighted by atomic mass is 9.85. The number of benzene rings is 1. The van der Waals surface area contributed by atoms with Crippen molar-refractivity contribution >= 4 is 22.5 Å². The van der Waals surface area contributed by atoms with Crippen molar-refractivity contribution in [3.63, 3.8) is 0 Å². The third-order valence-corrected chi connectivity index (χ3v) is 5.17. The Bertz CT molecular complexity index is 641. The van der Waals surface area contributed by atoms with Crippen LogP contribution >= 0.6 is 11.6 Å². The fourth-order valence-corrected chi connectivity index (χ4v) is 4.18. The van der Waals surface area contributed by atoms with Gasteiger partial charge in [0.2, 0.25) is 0 Å². The van der Waals surface area contributed by atoms with Crippen LogP contribution in [0.4, 0.5) is 0 Å². The second-order valence-corrected chi connectivity index (χ2v) is 6.39. The van der Waals surface area contributed by atoms with Crippen molar-refractivity contribution in [3.8, 4) is 0 Å². The molecule has 5 heteroatoms. The molecule has 0 spiro atoms. The summed E-state index contributed by atoms with van der Waals surface area (Å²) in [6.45, 7) is 0.738. The van der Waals surface area contributed by atoms with E-state index < -0.39 is 5.60 Å². The molecule has 2 saturated carbocycles. The van der Waals surface area contributed by atoms with Gasteiger partial charge in [-0.05, 0) is 54.8 Å². The number of aromatic nitrogens is 2. The fourth-order valence-electron chi connectivity index (χ4n) is 3.96. The molecular formula is C14H16ClN3O. The Morgan fingerprint density at radius 2 is 2.16 bits per heavy atom. The zero-order valence-electron chi connectivity index (χ0n) is 10.4. The van der Waals surface area contributed by atoms with Gasteiger partial charge in [0.15, 0.2) is 0 Å². The molecule has 4 rings (SSSR count). The Morgan fingerprint density at radius 1 is 1.42 bits per heavy atom. The minimum Gasteiger partial charge on any atom is -0.385 e. The van der Waals surface area contributed by atoms with Gasteiger partial charge in [-0.25, -0.2) is 0 Å². The normalized spacial score (nSPS) is 36.7. The number of aliphatic hydroxyl groups is 1. The van der Waals surface area contributed by atoms with Gasteiger partial charge in [0, 0.05) is 10.4 Å². The van der Waals surface area contributed by atoms with Crippen LogP contribution in [0.5, 0.6) is 0 Å². The highest BCUT2D eigenvalue weighted by Gasteiger charge is 2.60. The summed E-state index contributed by atoms with van der Waals surface area (Å²) >= 11 is 6.15. The first-order chi connectivity index (χ1) is 9.12. The molecule has 0 aliphatic heterocycles. The van der Waals surface area contributed by atoms with Crippen LogP contribution in [0, 0.1) is 17.8 Å². The number of nitrogens with one attached hydrogen (secondary N) is 1. The lowest BCUT2D eigenvalue weighted by molar-refractivity contribution is 0.0279. The van der Waals surface area contributed by atoms with Crippen LogP contribution in [0.3, 0.4) is 0 Å². The molecule has 1 aromatic carbocycles. The summed E-state index contributed by atoms with van der Waals surface area (Å²) in [5.41, 5.74) is 6.75. The van der Waals surface area contributed by atoms with Crippen molar-refractivity contribution in [2.75, 3.05) is 6.54 Å². The average molecular weight is 278 g/mol. The van der Waals surface area contributed by atoms with Crippen molar-refractivity contribution in [2.24, 2.45) is 23.5 Å². The highest BCUT2D eigenvalue weighted by Crippen LogP contribution is 2.63. The second-order valence-electron chi connectivity index (χ2n) is 5.95. The van der Waals surface area contributed by atoms with Crippen molar-refractivity contribution in [1.29, 1.82) is 0 Å². The van der Waals surface area contributed by atoms with Crippen molar-refractivity contribution in [3.05, 3.63) is 28.9 Å². The lowest BCUT2D eigenvalue weighted by Crippen LogP contribution is -2.26. The zero-order chi connectivity index (χ0) is 13.2. The molecule has 0 radical (unpaired) electrons. The predicted molar refractivity (Wildman–Crippen MR) is 73.8 cm³/mol. The first-order valence-electron chi connectivity index (χ1n) is 6.68. The molecule has 0 saturated heterocycles. The summed E-state index contributed by atoms with van der Waals surface area (Å²) in [7, 11) is 0. The quantitative estimate of drug-likeness (QED) is 0.786. The number of hydrogen-bond donors (Lipinski definition) is 3. The second kappa shape index (κ2) is 3.72. The molecule has 2 unspecified atom stereocenters. The van der Waals surface area contributed by atoms with E-state index in [4.69, 9.17) is 17.3 Å². The minimum absolute atomic E-state index is 0.580. The maximum atomic E-state index is 11.0. The largest absolute Gasteiger partial charge is 0.385 e. The molecule has 4 nitrogen and oxygen atoms in total. The molecule has 1 heterocycles. The number of fused-ring (bicyclic) bond motifs is 2. The standard InChI is InChI=1S/C14H16ClN3O/c15-7-1-12(11-6-17-18-13(11)2-7)14(19)3-8-9(4-14)10(8)5-16/h1-2,6,8-10,19H,3-5,16H2,(H,17,18)/t8-,9+,10?,14?. The topological polar surface area (TPSA) is 74.9 Å². The lowest BCUT2D eigenvalue weighted by Gasteiger charge is -2.27. The molecule has 4 atom stereocenters. The minimum atomic E-state index is -0.770. The Labute approximate surface area is 115 Å². The maximum absolute atomic E-state index is 11.0. The molecular weight excluding hydrogens is 262 g/mol. The third kappa shape index (κ3) is 1.57. The monoisotopic (exact) mass is 277 g/mol. The SMILES string of the molecule is NCC1[C@H]2CC(O)(c3cc(Cl)cc4[nH]ncc34)C[C@@H]12. The highest BCUT2D eigenvalue weighted by molar-refractivity contribution is 6.31. The third-order valence-electron chi connectivity index (χ3n) is 4.95. The number of H-pyrrole nitrogens is 1. The van der Waals surface area contributed by atoms with E-state index in [0.717, 1.165) is 35.9 Å². The predicted octanol–water partition coefficient (Wildman–Crippen LogP) is 2.02. The van der Waals surface area contributed by atoms with Crippen LogP contribution in [0.25, 0.3) is 10.9 Å². The number of hydrogen-bond acceptors (Lipinski definition) is 3. The van der Waals surface area contributed by atoms with Crippen LogP contribution in [0.2, 0.25) is 5.02 Å². The number of rotatable bonds is 2.